The monoisotopic (exact) mass is 355 g/mol. The SMILES string of the molecule is CC1(C(N)=O)CCN(C(=O)c2cncc(Cc3ccccc3F)c2)CC1. The van der Waals surface area contributed by atoms with E-state index in [9.17, 15) is 14.0 Å². The Morgan fingerprint density at radius 1 is 1.23 bits per heavy atom. The fourth-order valence-electron chi connectivity index (χ4n) is 3.20. The molecule has 0 saturated carbocycles. The lowest BCUT2D eigenvalue weighted by atomic mass is 9.79. The predicted molar refractivity (Wildman–Crippen MR) is 95.9 cm³/mol. The minimum absolute atomic E-state index is 0.126. The predicted octanol–water partition coefficient (Wildman–Crippen LogP) is 2.54. The van der Waals surface area contributed by atoms with Crippen LogP contribution in [0.5, 0.6) is 0 Å². The molecule has 2 heterocycles. The molecule has 26 heavy (non-hydrogen) atoms. The maximum absolute atomic E-state index is 13.8. The molecule has 6 heteroatoms. The van der Waals surface area contributed by atoms with Crippen molar-refractivity contribution in [1.29, 1.82) is 0 Å². The van der Waals surface area contributed by atoms with Crippen molar-refractivity contribution >= 4 is 11.8 Å². The fourth-order valence-corrected chi connectivity index (χ4v) is 3.20. The van der Waals surface area contributed by atoms with Gasteiger partial charge in [-0.05, 0) is 36.1 Å². The minimum atomic E-state index is -0.554. The van der Waals surface area contributed by atoms with Crippen LogP contribution in [-0.2, 0) is 11.2 Å². The van der Waals surface area contributed by atoms with Crippen LogP contribution in [0.3, 0.4) is 0 Å². The Morgan fingerprint density at radius 3 is 2.58 bits per heavy atom. The largest absolute Gasteiger partial charge is 0.369 e. The summed E-state index contributed by atoms with van der Waals surface area (Å²) in [5.74, 6) is -0.719. The van der Waals surface area contributed by atoms with E-state index in [0.717, 1.165) is 5.56 Å². The van der Waals surface area contributed by atoms with Crippen molar-refractivity contribution in [2.24, 2.45) is 11.1 Å². The minimum Gasteiger partial charge on any atom is -0.369 e. The molecule has 0 aliphatic carbocycles. The first-order valence-electron chi connectivity index (χ1n) is 8.65. The number of hydrogen-bond acceptors (Lipinski definition) is 3. The molecule has 1 aromatic carbocycles. The lowest BCUT2D eigenvalue weighted by molar-refractivity contribution is -0.129. The summed E-state index contributed by atoms with van der Waals surface area (Å²) in [6, 6.07) is 8.32. The Morgan fingerprint density at radius 2 is 1.92 bits per heavy atom. The average Bonchev–Trinajstić information content (AvgIpc) is 2.64. The van der Waals surface area contributed by atoms with Crippen LogP contribution in [0.4, 0.5) is 4.39 Å². The maximum Gasteiger partial charge on any atom is 0.255 e. The van der Waals surface area contributed by atoms with Crippen molar-refractivity contribution in [3.05, 3.63) is 65.2 Å². The van der Waals surface area contributed by atoms with Crippen LogP contribution in [-0.4, -0.2) is 34.8 Å². The Hall–Kier alpha value is -2.76. The molecule has 0 radical (unpaired) electrons. The van der Waals surface area contributed by atoms with E-state index >= 15 is 0 Å². The van der Waals surface area contributed by atoms with Gasteiger partial charge >= 0.3 is 0 Å². The van der Waals surface area contributed by atoms with Gasteiger partial charge in [0.05, 0.1) is 5.56 Å². The molecule has 2 amide bonds. The van der Waals surface area contributed by atoms with Crippen molar-refractivity contribution < 1.29 is 14.0 Å². The summed E-state index contributed by atoms with van der Waals surface area (Å²) in [5.41, 5.74) is 6.72. The first kappa shape index (κ1) is 18.0. The van der Waals surface area contributed by atoms with Crippen LogP contribution >= 0.6 is 0 Å². The van der Waals surface area contributed by atoms with Gasteiger partial charge in [-0.3, -0.25) is 14.6 Å². The molecule has 136 valence electrons. The summed E-state index contributed by atoms with van der Waals surface area (Å²) in [4.78, 5) is 30.2. The van der Waals surface area contributed by atoms with E-state index in [0.29, 0.717) is 43.5 Å². The molecule has 3 rings (SSSR count). The van der Waals surface area contributed by atoms with Crippen molar-refractivity contribution in [2.75, 3.05) is 13.1 Å². The molecule has 0 atom stereocenters. The van der Waals surface area contributed by atoms with E-state index in [4.69, 9.17) is 5.73 Å². The van der Waals surface area contributed by atoms with Crippen molar-refractivity contribution in [3.63, 3.8) is 0 Å². The molecule has 2 aromatic rings. The number of nitrogens with two attached hydrogens (primary N) is 1. The highest BCUT2D eigenvalue weighted by molar-refractivity contribution is 5.94. The number of carbonyl (C=O) groups is 2. The molecule has 0 bridgehead atoms. The molecule has 1 aromatic heterocycles. The van der Waals surface area contributed by atoms with E-state index in [1.54, 1.807) is 35.4 Å². The third-order valence-corrected chi connectivity index (χ3v) is 5.14. The normalized spacial score (nSPS) is 16.3. The fraction of sp³-hybridized carbons (Fsp3) is 0.350. The van der Waals surface area contributed by atoms with Crippen LogP contribution in [0.2, 0.25) is 0 Å². The van der Waals surface area contributed by atoms with Crippen molar-refractivity contribution in [3.8, 4) is 0 Å². The zero-order valence-corrected chi connectivity index (χ0v) is 14.7. The summed E-state index contributed by atoms with van der Waals surface area (Å²) in [5, 5.41) is 0. The van der Waals surface area contributed by atoms with Gasteiger partial charge in [-0.2, -0.15) is 0 Å². The van der Waals surface area contributed by atoms with Gasteiger partial charge in [-0.15, -0.1) is 0 Å². The lowest BCUT2D eigenvalue weighted by Gasteiger charge is -2.37. The summed E-state index contributed by atoms with van der Waals surface area (Å²) >= 11 is 0. The molecular weight excluding hydrogens is 333 g/mol. The number of piperidine rings is 1. The van der Waals surface area contributed by atoms with Gasteiger partial charge in [0.15, 0.2) is 0 Å². The van der Waals surface area contributed by atoms with Gasteiger partial charge in [0, 0.05) is 37.3 Å². The summed E-state index contributed by atoms with van der Waals surface area (Å²) in [6.45, 7) is 2.80. The number of rotatable bonds is 4. The molecule has 0 spiro atoms. The van der Waals surface area contributed by atoms with Crippen LogP contribution in [0, 0.1) is 11.2 Å². The van der Waals surface area contributed by atoms with Crippen LogP contribution < -0.4 is 5.73 Å². The molecule has 1 aliphatic heterocycles. The topological polar surface area (TPSA) is 76.3 Å². The van der Waals surface area contributed by atoms with Gasteiger partial charge in [0.25, 0.3) is 5.91 Å². The van der Waals surface area contributed by atoms with Gasteiger partial charge in [-0.1, -0.05) is 25.1 Å². The molecule has 0 unspecified atom stereocenters. The Balaban J connectivity index is 1.71. The number of amides is 2. The third kappa shape index (κ3) is 3.74. The Labute approximate surface area is 152 Å². The molecule has 1 fully saturated rings. The van der Waals surface area contributed by atoms with Gasteiger partial charge in [0.1, 0.15) is 5.82 Å². The molecule has 2 N–H and O–H groups in total. The highest BCUT2D eigenvalue weighted by atomic mass is 19.1. The number of likely N-dealkylation sites (tertiary alicyclic amines) is 1. The van der Waals surface area contributed by atoms with Crippen molar-refractivity contribution in [1.82, 2.24) is 9.88 Å². The molecular formula is C20H22FN3O2. The first-order chi connectivity index (χ1) is 12.4. The zero-order chi connectivity index (χ0) is 18.7. The zero-order valence-electron chi connectivity index (χ0n) is 14.7. The maximum atomic E-state index is 13.8. The molecule has 1 saturated heterocycles. The summed E-state index contributed by atoms with van der Waals surface area (Å²) < 4.78 is 13.8. The average molecular weight is 355 g/mol. The van der Waals surface area contributed by atoms with E-state index in [1.165, 1.54) is 12.3 Å². The lowest BCUT2D eigenvalue weighted by Crippen LogP contribution is -2.47. The smallest absolute Gasteiger partial charge is 0.255 e. The highest BCUT2D eigenvalue weighted by Gasteiger charge is 2.36. The van der Waals surface area contributed by atoms with E-state index in [2.05, 4.69) is 4.98 Å². The van der Waals surface area contributed by atoms with Gasteiger partial charge in [0.2, 0.25) is 5.91 Å². The van der Waals surface area contributed by atoms with Crippen molar-refractivity contribution in [2.45, 2.75) is 26.2 Å². The van der Waals surface area contributed by atoms with E-state index in [-0.39, 0.29) is 17.6 Å². The molecule has 1 aliphatic rings. The quantitative estimate of drug-likeness (QED) is 0.916. The second kappa shape index (κ2) is 7.23. The van der Waals surface area contributed by atoms with Crippen LogP contribution in [0.15, 0.2) is 42.7 Å². The standard InChI is InChI=1S/C20H22FN3O2/c1-20(19(22)26)6-8-24(9-7-20)18(25)16-11-14(12-23-13-16)10-15-4-2-3-5-17(15)21/h2-5,11-13H,6-10H2,1H3,(H2,22,26). The number of nitrogens with zero attached hydrogens (tertiary/aromatic N) is 2. The number of aromatic nitrogens is 1. The summed E-state index contributed by atoms with van der Waals surface area (Å²) in [6.07, 6.45) is 4.64. The number of pyridine rings is 1. The molecule has 5 nitrogen and oxygen atoms in total. The van der Waals surface area contributed by atoms with E-state index in [1.807, 2.05) is 6.92 Å². The highest BCUT2D eigenvalue weighted by Crippen LogP contribution is 2.31. The third-order valence-electron chi connectivity index (χ3n) is 5.14. The first-order valence-corrected chi connectivity index (χ1v) is 8.65. The van der Waals surface area contributed by atoms with Gasteiger partial charge < -0.3 is 10.6 Å². The number of benzene rings is 1. The number of carbonyl (C=O) groups excluding carboxylic acids is 2. The Kier molecular flexibility index (Phi) is 5.02. The number of hydrogen-bond donors (Lipinski definition) is 1. The van der Waals surface area contributed by atoms with Crippen LogP contribution in [0.1, 0.15) is 41.3 Å². The van der Waals surface area contributed by atoms with Crippen LogP contribution in [0.25, 0.3) is 0 Å². The number of primary amides is 1. The summed E-state index contributed by atoms with van der Waals surface area (Å²) in [7, 11) is 0. The number of halogens is 1. The Bertz CT molecular complexity index is 829. The van der Waals surface area contributed by atoms with Gasteiger partial charge in [-0.25, -0.2) is 4.39 Å². The van der Waals surface area contributed by atoms with E-state index < -0.39 is 5.41 Å². The second-order valence-electron chi connectivity index (χ2n) is 7.07. The second-order valence-corrected chi connectivity index (χ2v) is 7.07.